The summed E-state index contributed by atoms with van der Waals surface area (Å²) in [5.74, 6) is -2.48. The SMILES string of the molecule is O=C(O)C(CCc1ccccc1)N[C@@H](CCCCNC(=O)[C@@H]1CCCN1)C(=O)N1CCC[C@H]1C(=O)O. The molecule has 2 fully saturated rings. The van der Waals surface area contributed by atoms with Crippen LogP contribution in [0.5, 0.6) is 0 Å². The van der Waals surface area contributed by atoms with Crippen molar-refractivity contribution < 1.29 is 29.4 Å². The Morgan fingerprint density at radius 2 is 1.78 bits per heavy atom. The molecule has 198 valence electrons. The van der Waals surface area contributed by atoms with Crippen LogP contribution in [0.1, 0.15) is 56.9 Å². The largest absolute Gasteiger partial charge is 0.480 e. The predicted octanol–water partition coefficient (Wildman–Crippen LogP) is 1.14. The normalized spacial score (nSPS) is 21.2. The standard InChI is InChI=1S/C26H38N4O6/c31-23(19-11-6-16-27-19)28-15-5-4-10-20(24(32)30-17-7-12-22(30)26(35)36)29-21(25(33)34)14-13-18-8-2-1-3-9-18/h1-3,8-9,19-22,27,29H,4-7,10-17H2,(H,28,31)(H,33,34)(H,35,36)/t19-,20-,21?,22-/m0/s1. The lowest BCUT2D eigenvalue weighted by Crippen LogP contribution is -2.54. The fourth-order valence-electron chi connectivity index (χ4n) is 4.96. The fourth-order valence-corrected chi connectivity index (χ4v) is 4.96. The quantitative estimate of drug-likeness (QED) is 0.238. The maximum absolute atomic E-state index is 13.4. The van der Waals surface area contributed by atoms with Crippen LogP contribution >= 0.6 is 0 Å². The van der Waals surface area contributed by atoms with E-state index >= 15 is 0 Å². The molecule has 36 heavy (non-hydrogen) atoms. The number of nitrogens with one attached hydrogen (secondary N) is 3. The van der Waals surface area contributed by atoms with Crippen LogP contribution in [0.3, 0.4) is 0 Å². The van der Waals surface area contributed by atoms with Gasteiger partial charge in [-0.05, 0) is 69.9 Å². The fraction of sp³-hybridized carbons (Fsp3) is 0.615. The molecule has 1 aromatic rings. The second-order valence-corrected chi connectivity index (χ2v) is 9.60. The topological polar surface area (TPSA) is 148 Å². The average molecular weight is 503 g/mol. The molecule has 0 bridgehead atoms. The maximum Gasteiger partial charge on any atom is 0.326 e. The molecule has 0 aromatic heterocycles. The highest BCUT2D eigenvalue weighted by Crippen LogP contribution is 2.20. The molecule has 0 spiro atoms. The molecule has 2 aliphatic rings. The molecule has 4 atom stereocenters. The number of benzene rings is 1. The van der Waals surface area contributed by atoms with Crippen molar-refractivity contribution in [1.29, 1.82) is 0 Å². The Hall–Kier alpha value is -2.98. The Bertz CT molecular complexity index is 890. The van der Waals surface area contributed by atoms with E-state index in [4.69, 9.17) is 0 Å². The number of aryl methyl sites for hydroxylation is 1. The number of unbranched alkanes of at least 4 members (excludes halogenated alkanes) is 1. The number of rotatable bonds is 14. The van der Waals surface area contributed by atoms with Gasteiger partial charge >= 0.3 is 11.9 Å². The highest BCUT2D eigenvalue weighted by molar-refractivity contribution is 5.88. The smallest absolute Gasteiger partial charge is 0.326 e. The summed E-state index contributed by atoms with van der Waals surface area (Å²) < 4.78 is 0. The van der Waals surface area contributed by atoms with Crippen molar-refractivity contribution in [3.05, 3.63) is 35.9 Å². The number of amides is 2. The van der Waals surface area contributed by atoms with E-state index in [-0.39, 0.29) is 17.9 Å². The van der Waals surface area contributed by atoms with E-state index in [0.717, 1.165) is 24.9 Å². The summed E-state index contributed by atoms with van der Waals surface area (Å²) in [7, 11) is 0. The van der Waals surface area contributed by atoms with Gasteiger partial charge in [-0.3, -0.25) is 19.7 Å². The number of carbonyl (C=O) groups excluding carboxylic acids is 2. The van der Waals surface area contributed by atoms with Gasteiger partial charge in [0.25, 0.3) is 0 Å². The molecule has 2 heterocycles. The number of carbonyl (C=O) groups is 4. The minimum atomic E-state index is -1.05. The Balaban J connectivity index is 1.59. The highest BCUT2D eigenvalue weighted by atomic mass is 16.4. The van der Waals surface area contributed by atoms with Gasteiger partial charge in [-0.15, -0.1) is 0 Å². The van der Waals surface area contributed by atoms with Gasteiger partial charge in [0.1, 0.15) is 12.1 Å². The van der Waals surface area contributed by atoms with Crippen LogP contribution in [0.4, 0.5) is 0 Å². The first-order chi connectivity index (χ1) is 17.4. The van der Waals surface area contributed by atoms with E-state index in [1.807, 2.05) is 30.3 Å². The number of aliphatic carboxylic acids is 2. The molecular weight excluding hydrogens is 464 g/mol. The van der Waals surface area contributed by atoms with Gasteiger partial charge in [0.15, 0.2) is 0 Å². The van der Waals surface area contributed by atoms with Crippen LogP contribution in [-0.2, 0) is 25.6 Å². The van der Waals surface area contributed by atoms with Crippen molar-refractivity contribution in [2.45, 2.75) is 82.0 Å². The number of hydrogen-bond acceptors (Lipinski definition) is 6. The third kappa shape index (κ3) is 8.03. The van der Waals surface area contributed by atoms with Gasteiger partial charge in [0.2, 0.25) is 11.8 Å². The van der Waals surface area contributed by atoms with Crippen LogP contribution < -0.4 is 16.0 Å². The Kier molecular flexibility index (Phi) is 10.7. The molecule has 10 nitrogen and oxygen atoms in total. The zero-order valence-electron chi connectivity index (χ0n) is 20.7. The second-order valence-electron chi connectivity index (χ2n) is 9.60. The van der Waals surface area contributed by atoms with Gasteiger partial charge in [0.05, 0.1) is 12.1 Å². The number of hydrogen-bond donors (Lipinski definition) is 5. The van der Waals surface area contributed by atoms with Gasteiger partial charge in [-0.25, -0.2) is 4.79 Å². The number of carboxylic acids is 2. The molecule has 0 saturated carbocycles. The van der Waals surface area contributed by atoms with Crippen LogP contribution in [0.25, 0.3) is 0 Å². The van der Waals surface area contributed by atoms with Crippen molar-refractivity contribution >= 4 is 23.8 Å². The second kappa shape index (κ2) is 13.9. The summed E-state index contributed by atoms with van der Waals surface area (Å²) in [4.78, 5) is 50.6. The summed E-state index contributed by atoms with van der Waals surface area (Å²) in [6.45, 7) is 1.66. The van der Waals surface area contributed by atoms with Crippen LogP contribution in [0.15, 0.2) is 30.3 Å². The lowest BCUT2D eigenvalue weighted by atomic mass is 10.0. The Labute approximate surface area is 211 Å². The van der Waals surface area contributed by atoms with Crippen molar-refractivity contribution in [1.82, 2.24) is 20.9 Å². The Morgan fingerprint density at radius 3 is 2.44 bits per heavy atom. The summed E-state index contributed by atoms with van der Waals surface area (Å²) in [6.07, 6.45) is 5.21. The van der Waals surface area contributed by atoms with Gasteiger partial charge in [-0.2, -0.15) is 0 Å². The van der Waals surface area contributed by atoms with E-state index in [1.54, 1.807) is 0 Å². The molecule has 10 heteroatoms. The van der Waals surface area contributed by atoms with Gasteiger partial charge in [-0.1, -0.05) is 30.3 Å². The average Bonchev–Trinajstić information content (AvgIpc) is 3.58. The van der Waals surface area contributed by atoms with Crippen LogP contribution in [0.2, 0.25) is 0 Å². The molecule has 3 rings (SSSR count). The third-order valence-corrected chi connectivity index (χ3v) is 6.98. The van der Waals surface area contributed by atoms with E-state index in [0.29, 0.717) is 58.0 Å². The molecule has 2 amide bonds. The molecule has 1 unspecified atom stereocenters. The lowest BCUT2D eigenvalue weighted by molar-refractivity contribution is -0.149. The number of likely N-dealkylation sites (tertiary alicyclic amines) is 1. The van der Waals surface area contributed by atoms with E-state index in [1.165, 1.54) is 4.90 Å². The van der Waals surface area contributed by atoms with E-state index in [9.17, 15) is 29.4 Å². The van der Waals surface area contributed by atoms with E-state index in [2.05, 4.69) is 16.0 Å². The maximum atomic E-state index is 13.4. The molecule has 5 N–H and O–H groups in total. The van der Waals surface area contributed by atoms with E-state index < -0.39 is 30.1 Å². The first-order valence-corrected chi connectivity index (χ1v) is 12.9. The number of nitrogens with zero attached hydrogens (tertiary/aromatic N) is 1. The first-order valence-electron chi connectivity index (χ1n) is 12.9. The molecule has 2 aliphatic heterocycles. The van der Waals surface area contributed by atoms with Gasteiger partial charge < -0.3 is 25.7 Å². The van der Waals surface area contributed by atoms with Crippen molar-refractivity contribution in [3.8, 4) is 0 Å². The Morgan fingerprint density at radius 1 is 1.00 bits per heavy atom. The molecule has 0 aliphatic carbocycles. The zero-order valence-corrected chi connectivity index (χ0v) is 20.7. The number of carboxylic acid groups (broad SMARTS) is 2. The summed E-state index contributed by atoms with van der Waals surface area (Å²) in [6, 6.07) is 6.76. The molecule has 1 aromatic carbocycles. The monoisotopic (exact) mass is 502 g/mol. The molecular formula is C26H38N4O6. The minimum absolute atomic E-state index is 0.0218. The zero-order chi connectivity index (χ0) is 25.9. The van der Waals surface area contributed by atoms with Crippen LogP contribution in [-0.4, -0.2) is 82.7 Å². The lowest BCUT2D eigenvalue weighted by Gasteiger charge is -2.29. The molecule has 2 saturated heterocycles. The predicted molar refractivity (Wildman–Crippen MR) is 133 cm³/mol. The van der Waals surface area contributed by atoms with Crippen molar-refractivity contribution in [2.75, 3.05) is 19.6 Å². The summed E-state index contributed by atoms with van der Waals surface area (Å²) >= 11 is 0. The van der Waals surface area contributed by atoms with Gasteiger partial charge in [0, 0.05) is 13.1 Å². The molecule has 0 radical (unpaired) electrons. The van der Waals surface area contributed by atoms with Crippen LogP contribution in [0, 0.1) is 0 Å². The third-order valence-electron chi connectivity index (χ3n) is 6.98. The van der Waals surface area contributed by atoms with Crippen molar-refractivity contribution in [3.63, 3.8) is 0 Å². The summed E-state index contributed by atoms with van der Waals surface area (Å²) in [5, 5.41) is 28.4. The first kappa shape index (κ1) is 27.6. The minimum Gasteiger partial charge on any atom is -0.480 e. The summed E-state index contributed by atoms with van der Waals surface area (Å²) in [5.41, 5.74) is 1.01. The van der Waals surface area contributed by atoms with Crippen molar-refractivity contribution in [2.24, 2.45) is 0 Å². The highest BCUT2D eigenvalue weighted by Gasteiger charge is 2.38.